The number of aliphatic hydroxyl groups is 2. The number of carbonyl (C=O) groups is 4. The maximum absolute atomic E-state index is 13.3. The van der Waals surface area contributed by atoms with Crippen LogP contribution in [0.4, 0.5) is 4.79 Å². The lowest BCUT2D eigenvalue weighted by atomic mass is 9.83. The maximum atomic E-state index is 13.3. The van der Waals surface area contributed by atoms with Crippen LogP contribution in [0.2, 0.25) is 0 Å². The number of hydrogen-bond acceptors (Lipinski definition) is 17. The van der Waals surface area contributed by atoms with Crippen LogP contribution in [0.3, 0.4) is 0 Å². The molecule has 0 saturated heterocycles. The van der Waals surface area contributed by atoms with Crippen LogP contribution in [-0.4, -0.2) is 204 Å². The molecule has 0 aliphatic heterocycles. The first kappa shape index (κ1) is 56.2. The first-order chi connectivity index (χ1) is 28.8. The molecule has 0 radical (unpaired) electrons. The molecule has 0 heterocycles. The van der Waals surface area contributed by atoms with Gasteiger partial charge in [-0.05, 0) is 26.2 Å². The van der Waals surface area contributed by atoms with E-state index < -0.39 is 11.6 Å². The molecule has 10 N–H and O–H groups in total. The van der Waals surface area contributed by atoms with E-state index in [0.29, 0.717) is 99.0 Å². The summed E-state index contributed by atoms with van der Waals surface area (Å²) in [6, 6.07) is -0.531. The molecule has 348 valence electrons. The Balaban J connectivity index is 5.13. The SMILES string of the molecule is CCNC(=O)CCC(CCC(=O)NCCOCCOCCOCCO)(CCC(=O)NCCOCCOCCOCCO)NC(=O)NCCOCCOCCOCCNN. The van der Waals surface area contributed by atoms with Gasteiger partial charge < -0.3 is 79.4 Å². The van der Waals surface area contributed by atoms with E-state index in [2.05, 4.69) is 32.0 Å². The van der Waals surface area contributed by atoms with Crippen LogP contribution in [0, 0.1) is 0 Å². The zero-order valence-electron chi connectivity index (χ0n) is 35.2. The van der Waals surface area contributed by atoms with E-state index in [0.717, 1.165) is 0 Å². The molecule has 0 rings (SSSR count). The van der Waals surface area contributed by atoms with Crippen LogP contribution in [0.1, 0.15) is 45.4 Å². The number of nitrogens with two attached hydrogens (primary N) is 1. The number of urea groups is 1. The van der Waals surface area contributed by atoms with Gasteiger partial charge in [-0.2, -0.15) is 0 Å². The Bertz CT molecular complexity index is 966. The van der Waals surface area contributed by atoms with Crippen molar-refractivity contribution < 1.29 is 72.0 Å². The normalized spacial score (nSPS) is 11.4. The maximum Gasteiger partial charge on any atom is 0.315 e. The van der Waals surface area contributed by atoms with E-state index in [1.807, 2.05) is 0 Å². The highest BCUT2D eigenvalue weighted by Gasteiger charge is 2.33. The fraction of sp³-hybridized carbons (Fsp3) is 0.892. The van der Waals surface area contributed by atoms with Crippen LogP contribution in [-0.2, 0) is 57.0 Å². The lowest BCUT2D eigenvalue weighted by Gasteiger charge is -2.35. The number of ether oxygens (including phenoxy) is 9. The van der Waals surface area contributed by atoms with Crippen LogP contribution in [0.15, 0.2) is 0 Å². The standard InChI is InChI=1S/C37H75N7O15/c1-2-39-33(47)3-6-37(7-4-34(48)40-9-15-51-21-27-58-31-25-55-19-13-45,8-5-35(49)41-10-16-52-22-28-59-32-26-56-20-14-46)44-36(50)42-11-17-53-23-29-57-30-24-54-18-12-43-38/h43,45-46H,2-32,38H2,1H3,(H,39,47)(H,40,48)(H,41,49)(H2,42,44,50). The third-order valence-corrected chi connectivity index (χ3v) is 8.01. The van der Waals surface area contributed by atoms with Gasteiger partial charge in [-0.3, -0.25) is 25.7 Å². The Morgan fingerprint density at radius 3 is 1.08 bits per heavy atom. The summed E-state index contributed by atoms with van der Waals surface area (Å²) in [4.78, 5) is 51.7. The Morgan fingerprint density at radius 1 is 0.441 bits per heavy atom. The minimum atomic E-state index is -1.09. The number of nitrogens with one attached hydrogen (secondary N) is 6. The van der Waals surface area contributed by atoms with Gasteiger partial charge in [-0.1, -0.05) is 0 Å². The highest BCUT2D eigenvalue weighted by atomic mass is 16.6. The molecule has 0 atom stereocenters. The van der Waals surface area contributed by atoms with E-state index >= 15 is 0 Å². The predicted octanol–water partition coefficient (Wildman–Crippen LogP) is -2.67. The molecular weight excluding hydrogens is 782 g/mol. The van der Waals surface area contributed by atoms with Gasteiger partial charge in [0.1, 0.15) is 0 Å². The fourth-order valence-electron chi connectivity index (χ4n) is 5.02. The molecule has 0 unspecified atom stereocenters. The Hall–Kier alpha value is -2.84. The van der Waals surface area contributed by atoms with Crippen molar-refractivity contribution in [3.05, 3.63) is 0 Å². The molecule has 0 bridgehead atoms. The summed E-state index contributed by atoms with van der Waals surface area (Å²) in [5.41, 5.74) is 1.41. The molecular formula is C37H75N7O15. The molecule has 0 aromatic carbocycles. The van der Waals surface area contributed by atoms with E-state index in [4.69, 9.17) is 58.7 Å². The molecule has 0 aromatic rings. The molecule has 0 aliphatic rings. The van der Waals surface area contributed by atoms with Crippen molar-refractivity contribution in [1.82, 2.24) is 32.0 Å². The van der Waals surface area contributed by atoms with E-state index in [-0.39, 0.29) is 122 Å². The van der Waals surface area contributed by atoms with Gasteiger partial charge in [0.25, 0.3) is 0 Å². The summed E-state index contributed by atoms with van der Waals surface area (Å²) in [6.45, 7) is 9.42. The van der Waals surface area contributed by atoms with Gasteiger partial charge in [-0.15, -0.1) is 0 Å². The Morgan fingerprint density at radius 2 is 0.746 bits per heavy atom. The first-order valence-corrected chi connectivity index (χ1v) is 20.5. The third-order valence-electron chi connectivity index (χ3n) is 8.01. The van der Waals surface area contributed by atoms with Crippen LogP contribution in [0.5, 0.6) is 0 Å². The lowest BCUT2D eigenvalue weighted by Crippen LogP contribution is -2.54. The highest BCUT2D eigenvalue weighted by Crippen LogP contribution is 2.26. The third kappa shape index (κ3) is 39.1. The molecule has 22 nitrogen and oxygen atoms in total. The van der Waals surface area contributed by atoms with Crippen molar-refractivity contribution >= 4 is 23.8 Å². The number of hydrazine groups is 1. The van der Waals surface area contributed by atoms with Gasteiger partial charge in [0, 0.05) is 57.5 Å². The zero-order chi connectivity index (χ0) is 43.3. The molecule has 59 heavy (non-hydrogen) atoms. The van der Waals surface area contributed by atoms with Crippen molar-refractivity contribution in [1.29, 1.82) is 0 Å². The molecule has 0 aliphatic carbocycles. The minimum absolute atomic E-state index is 0.00970. The largest absolute Gasteiger partial charge is 0.394 e. The smallest absolute Gasteiger partial charge is 0.315 e. The average molecular weight is 858 g/mol. The Kier molecular flexibility index (Phi) is 41.2. The number of carbonyl (C=O) groups excluding carboxylic acids is 4. The van der Waals surface area contributed by atoms with E-state index in [1.165, 1.54) is 0 Å². The molecule has 22 heteroatoms. The topological polar surface area (TPSA) is 290 Å². The quantitative estimate of drug-likeness (QED) is 0.0172. The molecule has 5 amide bonds. The van der Waals surface area contributed by atoms with Gasteiger partial charge >= 0.3 is 6.03 Å². The van der Waals surface area contributed by atoms with Crippen molar-refractivity contribution in [3.8, 4) is 0 Å². The second kappa shape index (κ2) is 43.3. The van der Waals surface area contributed by atoms with E-state index in [1.54, 1.807) is 6.92 Å². The second-order valence-corrected chi connectivity index (χ2v) is 12.7. The molecule has 0 spiro atoms. The number of amides is 5. The number of rotatable bonds is 45. The average Bonchev–Trinajstić information content (AvgIpc) is 3.23. The van der Waals surface area contributed by atoms with Crippen molar-refractivity contribution in [2.75, 3.05) is 165 Å². The number of aliphatic hydroxyl groups excluding tert-OH is 2. The van der Waals surface area contributed by atoms with Crippen LogP contribution < -0.4 is 37.9 Å². The highest BCUT2D eigenvalue weighted by molar-refractivity contribution is 5.79. The van der Waals surface area contributed by atoms with Gasteiger partial charge in [-0.25, -0.2) is 4.79 Å². The Labute approximate surface area is 349 Å². The van der Waals surface area contributed by atoms with Crippen LogP contribution in [0.25, 0.3) is 0 Å². The summed E-state index contributed by atoms with van der Waals surface area (Å²) in [7, 11) is 0. The monoisotopic (exact) mass is 858 g/mol. The van der Waals surface area contributed by atoms with Crippen molar-refractivity contribution in [3.63, 3.8) is 0 Å². The minimum Gasteiger partial charge on any atom is -0.394 e. The van der Waals surface area contributed by atoms with Crippen molar-refractivity contribution in [2.45, 2.75) is 51.0 Å². The van der Waals surface area contributed by atoms with Gasteiger partial charge in [0.05, 0.1) is 132 Å². The molecule has 0 aromatic heterocycles. The summed E-state index contributed by atoms with van der Waals surface area (Å²) < 4.78 is 48.3. The predicted molar refractivity (Wildman–Crippen MR) is 215 cm³/mol. The summed E-state index contributed by atoms with van der Waals surface area (Å²) in [5, 5.41) is 31.6. The zero-order valence-corrected chi connectivity index (χ0v) is 35.2. The first-order valence-electron chi connectivity index (χ1n) is 20.5. The fourth-order valence-corrected chi connectivity index (χ4v) is 5.02. The van der Waals surface area contributed by atoms with E-state index in [9.17, 15) is 19.2 Å². The van der Waals surface area contributed by atoms with Gasteiger partial charge in [0.2, 0.25) is 17.7 Å². The molecule has 0 saturated carbocycles. The number of hydrogen-bond donors (Lipinski definition) is 9. The second-order valence-electron chi connectivity index (χ2n) is 12.7. The summed E-state index contributed by atoms with van der Waals surface area (Å²) in [6.07, 6.45) is 0.560. The van der Waals surface area contributed by atoms with Crippen LogP contribution >= 0.6 is 0 Å². The van der Waals surface area contributed by atoms with Crippen molar-refractivity contribution in [2.24, 2.45) is 5.84 Å². The molecule has 0 fully saturated rings. The lowest BCUT2D eigenvalue weighted by molar-refractivity contribution is -0.121. The summed E-state index contributed by atoms with van der Waals surface area (Å²) in [5.74, 6) is 4.40. The van der Waals surface area contributed by atoms with Gasteiger partial charge in [0.15, 0.2) is 0 Å². The summed E-state index contributed by atoms with van der Waals surface area (Å²) >= 11 is 0.